The fourth-order valence-corrected chi connectivity index (χ4v) is 2.18. The minimum Gasteiger partial charge on any atom is -0.480 e. The van der Waals surface area contributed by atoms with Crippen molar-refractivity contribution in [1.29, 1.82) is 5.41 Å². The molecule has 6 heteroatoms. The van der Waals surface area contributed by atoms with Crippen LogP contribution in [-0.4, -0.2) is 15.7 Å². The van der Waals surface area contributed by atoms with Crippen LogP contribution in [0.5, 0.6) is 5.95 Å². The second-order valence-corrected chi connectivity index (χ2v) is 4.46. The number of hydrogen-bond acceptors (Lipinski definition) is 5. The molecule has 0 unspecified atom stereocenters. The number of rotatable bonds is 3. The summed E-state index contributed by atoms with van der Waals surface area (Å²) in [5, 5.41) is 29.3. The second-order valence-electron chi connectivity index (χ2n) is 4.46. The molecule has 0 amide bonds. The molecule has 6 nitrogen and oxygen atoms in total. The molecule has 0 atom stereocenters. The molecule has 0 saturated carbocycles. The lowest BCUT2D eigenvalue weighted by Crippen LogP contribution is -2.00. The van der Waals surface area contributed by atoms with E-state index in [0.29, 0.717) is 16.5 Å². The summed E-state index contributed by atoms with van der Waals surface area (Å²) in [6.45, 7) is 0. The van der Waals surface area contributed by atoms with Gasteiger partial charge in [-0.15, -0.1) is 0 Å². The fourth-order valence-electron chi connectivity index (χ4n) is 2.18. The lowest BCUT2D eigenvalue weighted by molar-refractivity contribution is -0.384. The Hall–Kier alpha value is -3.15. The van der Waals surface area contributed by atoms with Gasteiger partial charge in [-0.3, -0.25) is 15.5 Å². The number of hydrogen-bond donors (Lipinski definition) is 2. The van der Waals surface area contributed by atoms with Gasteiger partial charge in [-0.1, -0.05) is 30.3 Å². The van der Waals surface area contributed by atoms with Crippen LogP contribution in [0.25, 0.3) is 11.0 Å². The molecule has 0 bridgehead atoms. The van der Waals surface area contributed by atoms with E-state index in [4.69, 9.17) is 9.83 Å². The normalized spacial score (nSPS) is 10.7. The molecular weight excluding hydrogens is 272 g/mol. The van der Waals surface area contributed by atoms with Crippen molar-refractivity contribution in [2.75, 3.05) is 0 Å². The van der Waals surface area contributed by atoms with Gasteiger partial charge in [0.25, 0.3) is 11.6 Å². The van der Waals surface area contributed by atoms with Crippen molar-refractivity contribution in [3.05, 3.63) is 69.8 Å². The molecule has 0 fully saturated rings. The number of aromatic hydroxyl groups is 1. The Morgan fingerprint density at radius 3 is 2.57 bits per heavy atom. The van der Waals surface area contributed by atoms with Crippen molar-refractivity contribution in [2.24, 2.45) is 0 Å². The van der Waals surface area contributed by atoms with Gasteiger partial charge in [0, 0.05) is 23.1 Å². The summed E-state index contributed by atoms with van der Waals surface area (Å²) in [7, 11) is 0. The predicted molar refractivity (Wildman–Crippen MR) is 76.9 cm³/mol. The summed E-state index contributed by atoms with van der Waals surface area (Å²) in [6, 6.07) is 12.8. The van der Waals surface area contributed by atoms with Crippen LogP contribution in [0.1, 0.15) is 11.1 Å². The minimum absolute atomic E-state index is 0.0485. The van der Waals surface area contributed by atoms with Gasteiger partial charge in [-0.05, 0) is 6.07 Å². The number of nitro benzene ring substituents is 1. The van der Waals surface area contributed by atoms with Crippen LogP contribution in [0.15, 0.2) is 52.9 Å². The molecule has 1 aromatic heterocycles. The summed E-state index contributed by atoms with van der Waals surface area (Å²) in [5.41, 5.74) is 0.966. The largest absolute Gasteiger partial charge is 0.480 e. The third kappa shape index (κ3) is 2.12. The molecule has 2 aromatic carbocycles. The summed E-state index contributed by atoms with van der Waals surface area (Å²) < 4.78 is 5.17. The second kappa shape index (κ2) is 4.75. The molecule has 0 aliphatic heterocycles. The summed E-state index contributed by atoms with van der Waals surface area (Å²) in [5.74, 6) is -0.417. The van der Waals surface area contributed by atoms with Gasteiger partial charge in [-0.2, -0.15) is 0 Å². The van der Waals surface area contributed by atoms with Crippen molar-refractivity contribution in [2.45, 2.75) is 0 Å². The van der Waals surface area contributed by atoms with E-state index >= 15 is 0 Å². The van der Waals surface area contributed by atoms with Crippen molar-refractivity contribution in [3.63, 3.8) is 0 Å². The number of non-ortho nitro benzene ring substituents is 1. The maximum Gasteiger partial charge on any atom is 0.292 e. The Morgan fingerprint density at radius 2 is 1.90 bits per heavy atom. The van der Waals surface area contributed by atoms with Crippen LogP contribution in [0.4, 0.5) is 5.69 Å². The SMILES string of the molecule is N=C(c1ccccc1)c1c(O)oc2ccc([N+](=O)[O-])cc12. The molecular formula is C15H10N2O4. The van der Waals surface area contributed by atoms with Crippen molar-refractivity contribution < 1.29 is 14.4 Å². The van der Waals surface area contributed by atoms with Gasteiger partial charge in [0.2, 0.25) is 0 Å². The highest BCUT2D eigenvalue weighted by Gasteiger charge is 2.21. The lowest BCUT2D eigenvalue weighted by atomic mass is 10.0. The van der Waals surface area contributed by atoms with Gasteiger partial charge in [-0.25, -0.2) is 0 Å². The first-order valence-corrected chi connectivity index (χ1v) is 6.12. The quantitative estimate of drug-likeness (QED) is 0.436. The number of fused-ring (bicyclic) bond motifs is 1. The highest BCUT2D eigenvalue weighted by atomic mass is 16.6. The third-order valence-electron chi connectivity index (χ3n) is 3.18. The molecule has 0 saturated heterocycles. The number of benzene rings is 2. The van der Waals surface area contributed by atoms with Gasteiger partial charge in [0.1, 0.15) is 5.58 Å². The van der Waals surface area contributed by atoms with Crippen molar-refractivity contribution in [1.82, 2.24) is 0 Å². The first-order chi connectivity index (χ1) is 10.1. The van der Waals surface area contributed by atoms with E-state index in [-0.39, 0.29) is 17.0 Å². The van der Waals surface area contributed by atoms with E-state index in [2.05, 4.69) is 0 Å². The molecule has 1 heterocycles. The Bertz CT molecular complexity index is 853. The van der Waals surface area contributed by atoms with E-state index < -0.39 is 10.9 Å². The zero-order valence-electron chi connectivity index (χ0n) is 10.7. The molecule has 0 aliphatic carbocycles. The van der Waals surface area contributed by atoms with Crippen LogP contribution < -0.4 is 0 Å². The first-order valence-electron chi connectivity index (χ1n) is 6.12. The number of nitrogens with zero attached hydrogens (tertiary/aromatic N) is 1. The van der Waals surface area contributed by atoms with Gasteiger partial charge >= 0.3 is 0 Å². The van der Waals surface area contributed by atoms with E-state index in [9.17, 15) is 15.2 Å². The summed E-state index contributed by atoms with van der Waals surface area (Å²) >= 11 is 0. The van der Waals surface area contributed by atoms with Gasteiger partial charge in [0.15, 0.2) is 0 Å². The Labute approximate surface area is 118 Å². The van der Waals surface area contributed by atoms with Crippen LogP contribution in [0.3, 0.4) is 0 Å². The molecule has 2 N–H and O–H groups in total. The molecule has 0 aliphatic rings. The van der Waals surface area contributed by atoms with Crippen molar-refractivity contribution >= 4 is 22.4 Å². The number of nitro groups is 1. The van der Waals surface area contributed by atoms with Gasteiger partial charge in [0.05, 0.1) is 16.2 Å². The van der Waals surface area contributed by atoms with E-state index in [1.807, 2.05) is 6.07 Å². The summed E-state index contributed by atoms with van der Waals surface area (Å²) in [4.78, 5) is 10.3. The standard InChI is InChI=1S/C15H10N2O4/c16-14(9-4-2-1-3-5-9)13-11-8-10(17(19)20)6-7-12(11)21-15(13)18/h1-8,16,18H. The molecule has 3 aromatic rings. The highest BCUT2D eigenvalue weighted by Crippen LogP contribution is 2.34. The first kappa shape index (κ1) is 12.9. The number of nitrogens with one attached hydrogen (secondary N) is 1. The Morgan fingerprint density at radius 1 is 1.19 bits per heavy atom. The zero-order chi connectivity index (χ0) is 15.0. The molecule has 3 rings (SSSR count). The molecule has 0 radical (unpaired) electrons. The van der Waals surface area contributed by atoms with Crippen LogP contribution >= 0.6 is 0 Å². The topological polar surface area (TPSA) is 100 Å². The fraction of sp³-hybridized carbons (Fsp3) is 0. The third-order valence-corrected chi connectivity index (χ3v) is 3.18. The lowest BCUT2D eigenvalue weighted by Gasteiger charge is -2.02. The average Bonchev–Trinajstić information content (AvgIpc) is 2.82. The van der Waals surface area contributed by atoms with E-state index in [1.165, 1.54) is 18.2 Å². The van der Waals surface area contributed by atoms with Crippen molar-refractivity contribution in [3.8, 4) is 5.95 Å². The summed E-state index contributed by atoms with van der Waals surface area (Å²) in [6.07, 6.45) is 0. The zero-order valence-corrected chi connectivity index (χ0v) is 10.7. The average molecular weight is 282 g/mol. The smallest absolute Gasteiger partial charge is 0.292 e. The van der Waals surface area contributed by atoms with Crippen LogP contribution in [0.2, 0.25) is 0 Å². The minimum atomic E-state index is -0.528. The number of furan rings is 1. The van der Waals surface area contributed by atoms with E-state index in [0.717, 1.165) is 0 Å². The molecule has 0 spiro atoms. The van der Waals surface area contributed by atoms with E-state index in [1.54, 1.807) is 24.3 Å². The van der Waals surface area contributed by atoms with Crippen LogP contribution in [-0.2, 0) is 0 Å². The predicted octanol–water partition coefficient (Wildman–Crippen LogP) is 3.46. The van der Waals surface area contributed by atoms with Crippen LogP contribution in [0, 0.1) is 15.5 Å². The van der Waals surface area contributed by atoms with Gasteiger partial charge < -0.3 is 9.52 Å². The highest BCUT2D eigenvalue weighted by molar-refractivity contribution is 6.19. The maximum absolute atomic E-state index is 10.9. The monoisotopic (exact) mass is 282 g/mol. The Kier molecular flexibility index (Phi) is 2.91. The molecule has 104 valence electrons. The molecule has 21 heavy (non-hydrogen) atoms. The Balaban J connectivity index is 2.22. The maximum atomic E-state index is 10.9.